The number of ether oxygens (including phenoxy) is 1. The second kappa shape index (κ2) is 6.26. The van der Waals surface area contributed by atoms with Crippen molar-refractivity contribution in [2.45, 2.75) is 36.8 Å². The molecule has 1 aliphatic rings. The number of nitrogens with one attached hydrogen (secondary N) is 1. The molecule has 120 valence electrons. The lowest BCUT2D eigenvalue weighted by atomic mass is 10.2. The van der Waals surface area contributed by atoms with Crippen molar-refractivity contribution in [3.05, 3.63) is 28.8 Å². The van der Waals surface area contributed by atoms with Crippen LogP contribution in [0.3, 0.4) is 0 Å². The number of carbonyl (C=O) groups excluding carboxylic acids is 2. The van der Waals surface area contributed by atoms with Crippen LogP contribution in [-0.2, 0) is 19.4 Å². The standard InChI is InChI=1S/C14H16ClNO5S/c1-8(13(17)16-10-4-5-10)21-14(18)9-3-6-11(15)12(7-9)22(2,19)20/h3,6-8,10H,4-5H2,1-2H3,(H,16,17). The minimum absolute atomic E-state index is 0.0240. The van der Waals surface area contributed by atoms with Gasteiger partial charge in [-0.15, -0.1) is 0 Å². The maximum absolute atomic E-state index is 12.0. The number of hydrogen-bond acceptors (Lipinski definition) is 5. The molecule has 0 bridgehead atoms. The molecule has 1 unspecified atom stereocenters. The summed E-state index contributed by atoms with van der Waals surface area (Å²) in [6.07, 6.45) is 1.91. The van der Waals surface area contributed by atoms with Gasteiger partial charge in [0.05, 0.1) is 15.5 Å². The van der Waals surface area contributed by atoms with E-state index < -0.39 is 21.9 Å². The number of halogens is 1. The lowest BCUT2D eigenvalue weighted by Crippen LogP contribution is -2.37. The Hall–Kier alpha value is -1.60. The number of esters is 1. The summed E-state index contributed by atoms with van der Waals surface area (Å²) >= 11 is 5.81. The van der Waals surface area contributed by atoms with Crippen molar-refractivity contribution >= 4 is 33.3 Å². The molecule has 0 heterocycles. The van der Waals surface area contributed by atoms with E-state index in [-0.39, 0.29) is 27.4 Å². The van der Waals surface area contributed by atoms with Crippen LogP contribution in [0, 0.1) is 0 Å². The highest BCUT2D eigenvalue weighted by Gasteiger charge is 2.27. The molecule has 0 radical (unpaired) electrons. The number of amides is 1. The summed E-state index contributed by atoms with van der Waals surface area (Å²) in [4.78, 5) is 23.6. The molecular formula is C14H16ClNO5S. The van der Waals surface area contributed by atoms with Gasteiger partial charge in [-0.3, -0.25) is 4.79 Å². The lowest BCUT2D eigenvalue weighted by molar-refractivity contribution is -0.129. The zero-order valence-electron chi connectivity index (χ0n) is 12.1. The van der Waals surface area contributed by atoms with Crippen LogP contribution in [0.15, 0.2) is 23.1 Å². The molecule has 1 fully saturated rings. The highest BCUT2D eigenvalue weighted by Crippen LogP contribution is 2.23. The van der Waals surface area contributed by atoms with Crippen molar-refractivity contribution in [2.24, 2.45) is 0 Å². The summed E-state index contributed by atoms with van der Waals surface area (Å²) in [5, 5.41) is 2.75. The predicted octanol–water partition coefficient (Wildman–Crippen LogP) is 1.57. The smallest absolute Gasteiger partial charge is 0.338 e. The highest BCUT2D eigenvalue weighted by atomic mass is 35.5. The molecule has 1 aromatic rings. The molecular weight excluding hydrogens is 330 g/mol. The number of sulfone groups is 1. The minimum atomic E-state index is -3.56. The van der Waals surface area contributed by atoms with Crippen molar-refractivity contribution in [1.82, 2.24) is 5.32 Å². The summed E-state index contributed by atoms with van der Waals surface area (Å²) in [6, 6.07) is 3.97. The van der Waals surface area contributed by atoms with Gasteiger partial charge in [0.2, 0.25) is 0 Å². The van der Waals surface area contributed by atoms with Crippen molar-refractivity contribution in [3.8, 4) is 0 Å². The van der Waals surface area contributed by atoms with Gasteiger partial charge in [0.1, 0.15) is 0 Å². The fraction of sp³-hybridized carbons (Fsp3) is 0.429. The second-order valence-corrected chi connectivity index (χ2v) is 7.64. The van der Waals surface area contributed by atoms with E-state index in [4.69, 9.17) is 16.3 Å². The normalized spacial score (nSPS) is 16.0. The monoisotopic (exact) mass is 345 g/mol. The summed E-state index contributed by atoms with van der Waals surface area (Å²) in [7, 11) is -3.56. The Balaban J connectivity index is 2.10. The van der Waals surface area contributed by atoms with Crippen LogP contribution >= 0.6 is 11.6 Å². The maximum atomic E-state index is 12.0. The quantitative estimate of drug-likeness (QED) is 0.818. The van der Waals surface area contributed by atoms with Crippen molar-refractivity contribution < 1.29 is 22.7 Å². The first-order valence-electron chi connectivity index (χ1n) is 6.69. The number of rotatable bonds is 5. The van der Waals surface area contributed by atoms with Gasteiger partial charge >= 0.3 is 5.97 Å². The molecule has 8 heteroatoms. The molecule has 1 saturated carbocycles. The number of benzene rings is 1. The third-order valence-corrected chi connectivity index (χ3v) is 4.72. The third-order valence-electron chi connectivity index (χ3n) is 3.14. The first kappa shape index (κ1) is 16.8. The number of carbonyl (C=O) groups is 2. The molecule has 1 atom stereocenters. The van der Waals surface area contributed by atoms with E-state index in [1.807, 2.05) is 0 Å². The van der Waals surface area contributed by atoms with E-state index in [2.05, 4.69) is 5.32 Å². The van der Waals surface area contributed by atoms with E-state index in [0.717, 1.165) is 25.2 Å². The largest absolute Gasteiger partial charge is 0.449 e. The fourth-order valence-electron chi connectivity index (χ4n) is 1.74. The second-order valence-electron chi connectivity index (χ2n) is 5.25. The summed E-state index contributed by atoms with van der Waals surface area (Å²) in [6.45, 7) is 1.46. The zero-order chi connectivity index (χ0) is 16.5. The van der Waals surface area contributed by atoms with Crippen molar-refractivity contribution in [1.29, 1.82) is 0 Å². The molecule has 1 aromatic carbocycles. The molecule has 1 N–H and O–H groups in total. The third kappa shape index (κ3) is 4.20. The summed E-state index contributed by atoms with van der Waals surface area (Å²) in [5.74, 6) is -1.15. The van der Waals surface area contributed by atoms with Gasteiger partial charge in [0.15, 0.2) is 15.9 Å². The topological polar surface area (TPSA) is 89.5 Å². The molecule has 22 heavy (non-hydrogen) atoms. The Kier molecular flexibility index (Phi) is 4.77. The van der Waals surface area contributed by atoms with Gasteiger partial charge < -0.3 is 10.1 Å². The Morgan fingerprint density at radius 3 is 2.55 bits per heavy atom. The summed E-state index contributed by atoms with van der Waals surface area (Å²) < 4.78 is 28.2. The predicted molar refractivity (Wildman–Crippen MR) is 80.6 cm³/mol. The van der Waals surface area contributed by atoms with Crippen molar-refractivity contribution in [2.75, 3.05) is 6.26 Å². The first-order valence-corrected chi connectivity index (χ1v) is 8.96. The van der Waals surface area contributed by atoms with Crippen LogP contribution < -0.4 is 5.32 Å². The Bertz CT molecular complexity index is 712. The first-order chi connectivity index (χ1) is 10.2. The molecule has 0 aromatic heterocycles. The fourth-order valence-corrected chi connectivity index (χ4v) is 3.04. The van der Waals surface area contributed by atoms with Crippen LogP contribution in [0.4, 0.5) is 0 Å². The van der Waals surface area contributed by atoms with Gasteiger partial charge in [-0.2, -0.15) is 0 Å². The van der Waals surface area contributed by atoms with E-state index >= 15 is 0 Å². The molecule has 0 aliphatic heterocycles. The molecule has 1 aliphatic carbocycles. The Labute approximate surface area is 133 Å². The number of hydrogen-bond donors (Lipinski definition) is 1. The van der Waals surface area contributed by atoms with E-state index in [1.165, 1.54) is 19.1 Å². The van der Waals surface area contributed by atoms with Crippen LogP contribution in [0.5, 0.6) is 0 Å². The molecule has 6 nitrogen and oxygen atoms in total. The molecule has 2 rings (SSSR count). The van der Waals surface area contributed by atoms with E-state index in [1.54, 1.807) is 0 Å². The van der Waals surface area contributed by atoms with Gasteiger partial charge in [0.25, 0.3) is 5.91 Å². The van der Waals surface area contributed by atoms with E-state index in [9.17, 15) is 18.0 Å². The van der Waals surface area contributed by atoms with E-state index in [0.29, 0.717) is 0 Å². The highest BCUT2D eigenvalue weighted by molar-refractivity contribution is 7.90. The SMILES string of the molecule is CC(OC(=O)c1ccc(Cl)c(S(C)(=O)=O)c1)C(=O)NC1CC1. The average molecular weight is 346 g/mol. The molecule has 1 amide bonds. The minimum Gasteiger partial charge on any atom is -0.449 e. The summed E-state index contributed by atoms with van der Waals surface area (Å²) in [5.41, 5.74) is 0.0240. The van der Waals surface area contributed by atoms with Crippen LogP contribution in [-0.4, -0.2) is 38.7 Å². The van der Waals surface area contributed by atoms with Gasteiger partial charge in [-0.05, 0) is 38.0 Å². The zero-order valence-corrected chi connectivity index (χ0v) is 13.7. The van der Waals surface area contributed by atoms with Crippen LogP contribution in [0.2, 0.25) is 5.02 Å². The van der Waals surface area contributed by atoms with Crippen molar-refractivity contribution in [3.63, 3.8) is 0 Å². The van der Waals surface area contributed by atoms with Gasteiger partial charge in [-0.25, -0.2) is 13.2 Å². The Morgan fingerprint density at radius 1 is 1.36 bits per heavy atom. The maximum Gasteiger partial charge on any atom is 0.338 e. The van der Waals surface area contributed by atoms with Crippen LogP contribution in [0.1, 0.15) is 30.1 Å². The lowest BCUT2D eigenvalue weighted by Gasteiger charge is -2.13. The molecule has 0 saturated heterocycles. The van der Waals surface area contributed by atoms with Gasteiger partial charge in [-0.1, -0.05) is 11.6 Å². The van der Waals surface area contributed by atoms with Gasteiger partial charge in [0, 0.05) is 12.3 Å². The van der Waals surface area contributed by atoms with Crippen LogP contribution in [0.25, 0.3) is 0 Å². The molecule has 0 spiro atoms. The average Bonchev–Trinajstić information content (AvgIpc) is 3.21. The Morgan fingerprint density at radius 2 is 2.00 bits per heavy atom.